The van der Waals surface area contributed by atoms with Crippen LogP contribution in [0.1, 0.15) is 25.0 Å². The van der Waals surface area contributed by atoms with Gasteiger partial charge in [-0.1, -0.05) is 48.5 Å². The predicted molar refractivity (Wildman–Crippen MR) is 111 cm³/mol. The zero-order valence-electron chi connectivity index (χ0n) is 17.0. The highest BCUT2D eigenvalue weighted by Gasteiger charge is 2.28. The summed E-state index contributed by atoms with van der Waals surface area (Å²) in [6, 6.07) is 18.4. The maximum absolute atomic E-state index is 12.8. The molecule has 0 unspecified atom stereocenters. The summed E-state index contributed by atoms with van der Waals surface area (Å²) in [5.41, 5.74) is 0.658. The quantitative estimate of drug-likeness (QED) is 0.409. The number of likely N-dealkylation sites (N-methyl/N-ethyl adjacent to an activating group) is 1. The molecule has 0 aliphatic heterocycles. The van der Waals surface area contributed by atoms with Gasteiger partial charge in [-0.25, -0.2) is 4.79 Å². The number of ether oxygens (including phenoxy) is 2. The van der Waals surface area contributed by atoms with E-state index in [1.165, 1.54) is 11.9 Å². The van der Waals surface area contributed by atoms with Crippen LogP contribution >= 0.6 is 0 Å². The average molecular weight is 392 g/mol. The van der Waals surface area contributed by atoms with Crippen LogP contribution in [0.3, 0.4) is 0 Å². The lowest BCUT2D eigenvalue weighted by Crippen LogP contribution is -2.45. The molecule has 0 aliphatic carbocycles. The second kappa shape index (κ2) is 9.56. The van der Waals surface area contributed by atoms with E-state index in [0.717, 1.165) is 0 Å². The SMILES string of the molecule is COc1ccccc1/C=C(/C(=O)OCC(=O)N(C)C(C)(C)C#N)c1ccccc1. The molecule has 0 spiro atoms. The van der Waals surface area contributed by atoms with Gasteiger partial charge in [0.25, 0.3) is 5.91 Å². The lowest BCUT2D eigenvalue weighted by atomic mass is 10.0. The Kier molecular flexibility index (Phi) is 7.15. The van der Waals surface area contributed by atoms with Crippen molar-refractivity contribution in [2.45, 2.75) is 19.4 Å². The molecular weight excluding hydrogens is 368 g/mol. The second-order valence-corrected chi connectivity index (χ2v) is 6.87. The van der Waals surface area contributed by atoms with E-state index in [-0.39, 0.29) is 0 Å². The Morgan fingerprint density at radius 3 is 2.34 bits per heavy atom. The molecule has 2 rings (SSSR count). The van der Waals surface area contributed by atoms with Crippen molar-refractivity contribution in [1.29, 1.82) is 5.26 Å². The minimum Gasteiger partial charge on any atom is -0.496 e. The molecule has 0 bridgehead atoms. The predicted octanol–water partition coefficient (Wildman–Crippen LogP) is 3.54. The molecule has 1 amide bonds. The van der Waals surface area contributed by atoms with Crippen LogP contribution in [0, 0.1) is 11.3 Å². The van der Waals surface area contributed by atoms with Crippen molar-refractivity contribution in [1.82, 2.24) is 4.90 Å². The van der Waals surface area contributed by atoms with Gasteiger partial charge in [-0.3, -0.25) is 4.79 Å². The Morgan fingerprint density at radius 1 is 1.10 bits per heavy atom. The van der Waals surface area contributed by atoms with Crippen LogP contribution < -0.4 is 4.74 Å². The first-order valence-corrected chi connectivity index (χ1v) is 9.05. The van der Waals surface area contributed by atoms with Gasteiger partial charge >= 0.3 is 5.97 Å². The summed E-state index contributed by atoms with van der Waals surface area (Å²) < 4.78 is 10.6. The topological polar surface area (TPSA) is 79.6 Å². The summed E-state index contributed by atoms with van der Waals surface area (Å²) in [5, 5.41) is 9.17. The van der Waals surface area contributed by atoms with Crippen LogP contribution in [-0.4, -0.2) is 43.1 Å². The fourth-order valence-corrected chi connectivity index (χ4v) is 2.51. The summed E-state index contributed by atoms with van der Waals surface area (Å²) in [6.45, 7) is 2.77. The number of carbonyl (C=O) groups is 2. The van der Waals surface area contributed by atoms with Crippen LogP contribution in [0.4, 0.5) is 0 Å². The Balaban J connectivity index is 2.29. The third-order valence-electron chi connectivity index (χ3n) is 4.56. The van der Waals surface area contributed by atoms with Crippen LogP contribution in [0.2, 0.25) is 0 Å². The third-order valence-corrected chi connectivity index (χ3v) is 4.56. The van der Waals surface area contributed by atoms with E-state index in [0.29, 0.717) is 22.4 Å². The number of esters is 1. The number of carbonyl (C=O) groups excluding carboxylic acids is 2. The standard InChI is InChI=1S/C23H24N2O4/c1-23(2,16-24)25(3)21(26)15-29-22(27)19(17-10-6-5-7-11-17)14-18-12-8-9-13-20(18)28-4/h5-14H,15H2,1-4H3/b19-14+. The minimum atomic E-state index is -1.00. The molecule has 0 aromatic heterocycles. The number of para-hydroxylation sites is 1. The largest absolute Gasteiger partial charge is 0.496 e. The van der Waals surface area contributed by atoms with Gasteiger partial charge in [0, 0.05) is 12.6 Å². The molecule has 2 aromatic carbocycles. The molecule has 6 nitrogen and oxygen atoms in total. The van der Waals surface area contributed by atoms with Gasteiger partial charge in [-0.15, -0.1) is 0 Å². The van der Waals surface area contributed by atoms with E-state index in [1.807, 2.05) is 42.5 Å². The summed E-state index contributed by atoms with van der Waals surface area (Å²) >= 11 is 0. The van der Waals surface area contributed by atoms with Gasteiger partial charge in [0.15, 0.2) is 6.61 Å². The van der Waals surface area contributed by atoms with Crippen molar-refractivity contribution in [3.8, 4) is 11.8 Å². The summed E-state index contributed by atoms with van der Waals surface area (Å²) in [4.78, 5) is 26.4. The van der Waals surface area contributed by atoms with Gasteiger partial charge in [-0.2, -0.15) is 5.26 Å². The first-order valence-electron chi connectivity index (χ1n) is 9.05. The number of benzene rings is 2. The number of hydrogen-bond donors (Lipinski definition) is 0. The molecule has 150 valence electrons. The van der Waals surface area contributed by atoms with E-state index in [9.17, 15) is 9.59 Å². The first kappa shape index (κ1) is 21.7. The van der Waals surface area contributed by atoms with Gasteiger partial charge in [0.2, 0.25) is 0 Å². The van der Waals surface area contributed by atoms with Crippen molar-refractivity contribution >= 4 is 23.5 Å². The Bertz CT molecular complexity index is 943. The Morgan fingerprint density at radius 2 is 1.72 bits per heavy atom. The molecule has 2 aromatic rings. The van der Waals surface area contributed by atoms with Crippen molar-refractivity contribution in [3.05, 3.63) is 65.7 Å². The zero-order chi connectivity index (χ0) is 21.4. The summed E-state index contributed by atoms with van der Waals surface area (Å²) in [7, 11) is 3.06. The lowest BCUT2D eigenvalue weighted by molar-refractivity contribution is -0.148. The molecule has 0 atom stereocenters. The van der Waals surface area contributed by atoms with Gasteiger partial charge in [0.1, 0.15) is 11.3 Å². The maximum atomic E-state index is 12.8. The van der Waals surface area contributed by atoms with Gasteiger partial charge in [0.05, 0.1) is 18.8 Å². The van der Waals surface area contributed by atoms with Gasteiger partial charge < -0.3 is 14.4 Å². The number of rotatable bonds is 7. The molecule has 6 heteroatoms. The third kappa shape index (κ3) is 5.45. The zero-order valence-corrected chi connectivity index (χ0v) is 17.0. The Hall–Kier alpha value is -3.59. The minimum absolute atomic E-state index is 0.296. The molecule has 0 N–H and O–H groups in total. The van der Waals surface area contributed by atoms with Crippen molar-refractivity contribution < 1.29 is 19.1 Å². The Labute approximate surface area is 171 Å². The van der Waals surface area contributed by atoms with Crippen molar-refractivity contribution in [2.75, 3.05) is 20.8 Å². The average Bonchev–Trinajstić information content (AvgIpc) is 2.75. The second-order valence-electron chi connectivity index (χ2n) is 6.87. The lowest BCUT2D eigenvalue weighted by Gasteiger charge is -2.28. The van der Waals surface area contributed by atoms with Crippen LogP contribution in [0.15, 0.2) is 54.6 Å². The highest BCUT2D eigenvalue weighted by molar-refractivity contribution is 6.22. The molecule has 0 fully saturated rings. The smallest absolute Gasteiger partial charge is 0.339 e. The number of amides is 1. The molecule has 29 heavy (non-hydrogen) atoms. The highest BCUT2D eigenvalue weighted by atomic mass is 16.5. The van der Waals surface area contributed by atoms with E-state index >= 15 is 0 Å². The number of hydrogen-bond acceptors (Lipinski definition) is 5. The van der Waals surface area contributed by atoms with Crippen molar-refractivity contribution in [2.24, 2.45) is 0 Å². The van der Waals surface area contributed by atoms with Crippen LogP contribution in [0.5, 0.6) is 5.75 Å². The molecule has 0 saturated carbocycles. The van der Waals surface area contributed by atoms with Crippen LogP contribution in [-0.2, 0) is 14.3 Å². The molecule has 0 radical (unpaired) electrons. The van der Waals surface area contributed by atoms with Crippen molar-refractivity contribution in [3.63, 3.8) is 0 Å². The van der Waals surface area contributed by atoms with E-state index in [4.69, 9.17) is 14.7 Å². The molecule has 0 heterocycles. The molecular formula is C23H24N2O4. The van der Waals surface area contributed by atoms with E-state index in [2.05, 4.69) is 0 Å². The molecule has 0 aliphatic rings. The highest BCUT2D eigenvalue weighted by Crippen LogP contribution is 2.25. The monoisotopic (exact) mass is 392 g/mol. The fraction of sp³-hybridized carbons (Fsp3) is 0.261. The number of nitrogens with zero attached hydrogens (tertiary/aromatic N) is 2. The van der Waals surface area contributed by atoms with E-state index < -0.39 is 24.0 Å². The summed E-state index contributed by atoms with van der Waals surface area (Å²) in [6.07, 6.45) is 1.67. The normalized spacial score (nSPS) is 11.3. The number of methoxy groups -OCH3 is 1. The number of nitriles is 1. The van der Waals surface area contributed by atoms with Crippen LogP contribution in [0.25, 0.3) is 11.6 Å². The maximum Gasteiger partial charge on any atom is 0.339 e. The van der Waals surface area contributed by atoms with Gasteiger partial charge in [-0.05, 0) is 31.6 Å². The summed E-state index contributed by atoms with van der Waals surface area (Å²) in [5.74, 6) is -0.492. The molecule has 0 saturated heterocycles. The van der Waals surface area contributed by atoms with E-state index in [1.54, 1.807) is 45.2 Å². The fourth-order valence-electron chi connectivity index (χ4n) is 2.51. The first-order chi connectivity index (χ1) is 13.8.